The summed E-state index contributed by atoms with van der Waals surface area (Å²) in [7, 11) is 4.16. The number of aryl methyl sites for hydroxylation is 1. The average Bonchev–Trinajstić information content (AvgIpc) is 2.70. The zero-order valence-corrected chi connectivity index (χ0v) is 15.7. The highest BCUT2D eigenvalue weighted by Gasteiger charge is 2.04. The maximum Gasteiger partial charge on any atom is 0.0361 e. The van der Waals surface area contributed by atoms with Gasteiger partial charge in [-0.15, -0.1) is 0 Å². The first-order chi connectivity index (χ1) is 12.7. The number of anilines is 1. The molecule has 0 atom stereocenters. The van der Waals surface area contributed by atoms with Gasteiger partial charge < -0.3 is 4.90 Å². The molecular weight excluding hydrogens is 314 g/mol. The van der Waals surface area contributed by atoms with Gasteiger partial charge in [-0.2, -0.15) is 0 Å². The molecule has 0 aliphatic heterocycles. The first-order valence-corrected chi connectivity index (χ1v) is 9.27. The number of hydrogen-bond acceptors (Lipinski definition) is 1. The van der Waals surface area contributed by atoms with Crippen LogP contribution in [-0.4, -0.2) is 14.1 Å². The number of rotatable bonds is 7. The summed E-state index contributed by atoms with van der Waals surface area (Å²) >= 11 is 0. The minimum Gasteiger partial charge on any atom is -0.378 e. The van der Waals surface area contributed by atoms with E-state index in [9.17, 15) is 0 Å². The highest BCUT2D eigenvalue weighted by atomic mass is 15.1. The van der Waals surface area contributed by atoms with Gasteiger partial charge in [-0.3, -0.25) is 0 Å². The van der Waals surface area contributed by atoms with Crippen molar-refractivity contribution < 1.29 is 0 Å². The zero-order chi connectivity index (χ0) is 18.2. The van der Waals surface area contributed by atoms with Crippen LogP contribution in [0.4, 0.5) is 5.69 Å². The Morgan fingerprint density at radius 2 is 1.35 bits per heavy atom. The molecule has 0 amide bonds. The van der Waals surface area contributed by atoms with E-state index in [1.165, 1.54) is 28.0 Å². The summed E-state index contributed by atoms with van der Waals surface area (Å²) in [5.41, 5.74) is 6.74. The van der Waals surface area contributed by atoms with Gasteiger partial charge in [0, 0.05) is 19.8 Å². The highest BCUT2D eigenvalue weighted by Crippen LogP contribution is 2.22. The molecule has 1 heteroatoms. The lowest BCUT2D eigenvalue weighted by atomic mass is 9.96. The van der Waals surface area contributed by atoms with Gasteiger partial charge in [-0.1, -0.05) is 78.9 Å². The summed E-state index contributed by atoms with van der Waals surface area (Å²) in [5, 5.41) is 0. The van der Waals surface area contributed by atoms with Crippen LogP contribution >= 0.6 is 0 Å². The summed E-state index contributed by atoms with van der Waals surface area (Å²) < 4.78 is 0. The fraction of sp³-hybridized carbons (Fsp3) is 0.200. The number of nitrogens with zero attached hydrogens (tertiary/aromatic N) is 1. The Bertz CT molecular complexity index is 815. The monoisotopic (exact) mass is 341 g/mol. The molecule has 0 saturated heterocycles. The van der Waals surface area contributed by atoms with Crippen LogP contribution in [0.25, 0.3) is 5.57 Å². The maximum absolute atomic E-state index is 2.39. The fourth-order valence-corrected chi connectivity index (χ4v) is 3.11. The molecule has 3 aromatic rings. The molecule has 0 spiro atoms. The summed E-state index contributed by atoms with van der Waals surface area (Å²) in [6.45, 7) is 0. The van der Waals surface area contributed by atoms with Crippen molar-refractivity contribution in [1.82, 2.24) is 0 Å². The maximum atomic E-state index is 2.39. The first-order valence-electron chi connectivity index (χ1n) is 9.27. The Kier molecular flexibility index (Phi) is 6.27. The van der Waals surface area contributed by atoms with Crippen LogP contribution in [0.3, 0.4) is 0 Å². The van der Waals surface area contributed by atoms with Crippen LogP contribution < -0.4 is 4.90 Å². The minimum atomic E-state index is 0.977. The van der Waals surface area contributed by atoms with Crippen molar-refractivity contribution in [2.24, 2.45) is 0 Å². The molecule has 0 fully saturated rings. The van der Waals surface area contributed by atoms with Crippen molar-refractivity contribution in [2.75, 3.05) is 19.0 Å². The molecule has 0 unspecified atom stereocenters. The van der Waals surface area contributed by atoms with Crippen molar-refractivity contribution >= 4 is 11.3 Å². The minimum absolute atomic E-state index is 0.977. The summed E-state index contributed by atoms with van der Waals surface area (Å²) in [6.07, 6.45) is 5.48. The molecule has 0 radical (unpaired) electrons. The standard InChI is InChI=1S/C25H27N/c1-26(2)25-19-15-22(16-20-25)14-18-24(23-11-7-4-8-12-23)17-13-21-9-5-3-6-10-21/h3-12,15-17,19-20H,13-14,18H2,1-2H3. The van der Waals surface area contributed by atoms with Crippen molar-refractivity contribution in [2.45, 2.75) is 19.3 Å². The molecule has 3 aromatic carbocycles. The molecule has 26 heavy (non-hydrogen) atoms. The Balaban J connectivity index is 1.73. The second-order valence-corrected chi connectivity index (χ2v) is 6.85. The van der Waals surface area contributed by atoms with Gasteiger partial charge in [0.15, 0.2) is 0 Å². The van der Waals surface area contributed by atoms with E-state index in [1.807, 2.05) is 0 Å². The van der Waals surface area contributed by atoms with Crippen LogP contribution in [0.5, 0.6) is 0 Å². The van der Waals surface area contributed by atoms with E-state index in [1.54, 1.807) is 0 Å². The molecule has 1 nitrogen and oxygen atoms in total. The van der Waals surface area contributed by atoms with Crippen LogP contribution in [-0.2, 0) is 12.8 Å². The number of allylic oxidation sites excluding steroid dienone is 2. The van der Waals surface area contributed by atoms with Crippen molar-refractivity contribution in [3.05, 3.63) is 108 Å². The van der Waals surface area contributed by atoms with Crippen LogP contribution in [0.1, 0.15) is 23.1 Å². The molecule has 0 saturated carbocycles. The topological polar surface area (TPSA) is 3.24 Å². The van der Waals surface area contributed by atoms with E-state index in [4.69, 9.17) is 0 Å². The molecular formula is C25H27N. The lowest BCUT2D eigenvalue weighted by Gasteiger charge is -2.13. The van der Waals surface area contributed by atoms with Gasteiger partial charge in [0.25, 0.3) is 0 Å². The predicted octanol–water partition coefficient (Wildman–Crippen LogP) is 6.01. The van der Waals surface area contributed by atoms with Crippen LogP contribution in [0, 0.1) is 0 Å². The normalized spacial score (nSPS) is 11.4. The zero-order valence-electron chi connectivity index (χ0n) is 15.7. The van der Waals surface area contributed by atoms with Gasteiger partial charge in [-0.05, 0) is 53.7 Å². The summed E-state index contributed by atoms with van der Waals surface area (Å²) in [4.78, 5) is 2.14. The summed E-state index contributed by atoms with van der Waals surface area (Å²) in [6, 6.07) is 30.3. The quantitative estimate of drug-likeness (QED) is 0.508. The van der Waals surface area contributed by atoms with Crippen molar-refractivity contribution in [1.29, 1.82) is 0 Å². The Hall–Kier alpha value is -2.80. The van der Waals surface area contributed by atoms with Gasteiger partial charge in [0.2, 0.25) is 0 Å². The lowest BCUT2D eigenvalue weighted by molar-refractivity contribution is 1.01. The average molecular weight is 341 g/mol. The van der Waals surface area contributed by atoms with E-state index in [2.05, 4.69) is 110 Å². The van der Waals surface area contributed by atoms with Crippen molar-refractivity contribution in [3.8, 4) is 0 Å². The Morgan fingerprint density at radius 3 is 1.96 bits per heavy atom. The molecule has 0 heterocycles. The Morgan fingerprint density at radius 1 is 0.731 bits per heavy atom. The number of hydrogen-bond donors (Lipinski definition) is 0. The molecule has 132 valence electrons. The lowest BCUT2D eigenvalue weighted by Crippen LogP contribution is -2.08. The van der Waals surface area contributed by atoms with E-state index >= 15 is 0 Å². The van der Waals surface area contributed by atoms with E-state index in [0.717, 1.165) is 19.3 Å². The van der Waals surface area contributed by atoms with E-state index < -0.39 is 0 Å². The molecule has 0 aromatic heterocycles. The molecule has 0 N–H and O–H groups in total. The first kappa shape index (κ1) is 18.0. The fourth-order valence-electron chi connectivity index (χ4n) is 3.11. The summed E-state index contributed by atoms with van der Waals surface area (Å²) in [5.74, 6) is 0. The molecule has 0 aliphatic carbocycles. The Labute approximate surface area is 157 Å². The molecule has 0 bridgehead atoms. The van der Waals surface area contributed by atoms with Crippen molar-refractivity contribution in [3.63, 3.8) is 0 Å². The van der Waals surface area contributed by atoms with E-state index in [0.29, 0.717) is 0 Å². The largest absolute Gasteiger partial charge is 0.378 e. The molecule has 0 aliphatic rings. The van der Waals surface area contributed by atoms with Crippen LogP contribution in [0.15, 0.2) is 91.0 Å². The third-order valence-electron chi connectivity index (χ3n) is 4.71. The number of benzene rings is 3. The third-order valence-corrected chi connectivity index (χ3v) is 4.71. The predicted molar refractivity (Wildman–Crippen MR) is 114 cm³/mol. The van der Waals surface area contributed by atoms with Gasteiger partial charge in [0.05, 0.1) is 0 Å². The van der Waals surface area contributed by atoms with Gasteiger partial charge in [0.1, 0.15) is 0 Å². The van der Waals surface area contributed by atoms with Gasteiger partial charge >= 0.3 is 0 Å². The van der Waals surface area contributed by atoms with Crippen LogP contribution in [0.2, 0.25) is 0 Å². The third kappa shape index (κ3) is 5.10. The van der Waals surface area contributed by atoms with Gasteiger partial charge in [-0.25, -0.2) is 0 Å². The second kappa shape index (κ2) is 9.05. The smallest absolute Gasteiger partial charge is 0.0361 e. The SMILES string of the molecule is CN(C)c1ccc(CCC(=CCc2ccccc2)c2ccccc2)cc1. The highest BCUT2D eigenvalue weighted by molar-refractivity contribution is 5.66. The molecule has 3 rings (SSSR count). The van der Waals surface area contributed by atoms with E-state index in [-0.39, 0.29) is 0 Å². The second-order valence-electron chi connectivity index (χ2n) is 6.85.